The van der Waals surface area contributed by atoms with Gasteiger partial charge in [-0.15, -0.1) is 0 Å². The van der Waals surface area contributed by atoms with Crippen LogP contribution in [0.25, 0.3) is 116 Å². The van der Waals surface area contributed by atoms with Gasteiger partial charge in [0.15, 0.2) is 5.82 Å². The highest BCUT2D eigenvalue weighted by atomic mass is 16.3. The molecule has 0 unspecified atom stereocenters. The smallest absolute Gasteiger partial charge is 0.160 e. The number of benzene rings is 9. The molecule has 0 aliphatic rings. The van der Waals surface area contributed by atoms with Crippen LogP contribution in [0.15, 0.2) is 205 Å². The predicted molar refractivity (Wildman–Crippen MR) is 240 cm³/mol. The van der Waals surface area contributed by atoms with Gasteiger partial charge in [0.25, 0.3) is 0 Å². The number of hydrogen-bond donors (Lipinski definition) is 0. The minimum Gasteiger partial charge on any atom is -0.456 e. The van der Waals surface area contributed by atoms with Crippen molar-refractivity contribution in [1.82, 2.24) is 14.5 Å². The minimum atomic E-state index is 0.706. The first kappa shape index (κ1) is 32.4. The number of rotatable bonds is 5. The third-order valence-electron chi connectivity index (χ3n) is 11.6. The standard InChI is InChI=1S/C54H33N3O/c1-4-14-35(15-5-1)53-43-27-23-39(33-46(43)55-54(56-53)36-16-6-2-7-17-36)42-21-12-22-50-52(42)45-32-38(26-30-49(45)58-50)37-25-28-47-44(31-37)51-41-20-11-10-13-34(41)24-29-48(51)57(47)40-18-8-3-9-19-40/h1-33H. The Labute approximate surface area is 333 Å². The van der Waals surface area contributed by atoms with Crippen LogP contribution >= 0.6 is 0 Å². The van der Waals surface area contributed by atoms with Gasteiger partial charge in [-0.05, 0) is 93.7 Å². The van der Waals surface area contributed by atoms with Crippen molar-refractivity contribution in [1.29, 1.82) is 0 Å². The lowest BCUT2D eigenvalue weighted by Crippen LogP contribution is -1.95. The Bertz CT molecular complexity index is 3550. The fourth-order valence-corrected chi connectivity index (χ4v) is 8.90. The van der Waals surface area contributed by atoms with Gasteiger partial charge in [-0.1, -0.05) is 140 Å². The molecular weight excluding hydrogens is 707 g/mol. The van der Waals surface area contributed by atoms with Crippen LogP contribution in [0.5, 0.6) is 0 Å². The largest absolute Gasteiger partial charge is 0.456 e. The van der Waals surface area contributed by atoms with E-state index in [9.17, 15) is 0 Å². The highest BCUT2D eigenvalue weighted by molar-refractivity contribution is 6.22. The molecule has 4 nitrogen and oxygen atoms in total. The molecule has 12 rings (SSSR count). The van der Waals surface area contributed by atoms with Crippen LogP contribution in [-0.2, 0) is 0 Å². The maximum absolute atomic E-state index is 6.55. The Morgan fingerprint density at radius 1 is 0.379 bits per heavy atom. The first-order valence-corrected chi connectivity index (χ1v) is 19.7. The van der Waals surface area contributed by atoms with Crippen LogP contribution in [-0.4, -0.2) is 14.5 Å². The Hall–Kier alpha value is -7.82. The van der Waals surface area contributed by atoms with E-state index in [4.69, 9.17) is 14.4 Å². The fraction of sp³-hybridized carbons (Fsp3) is 0. The van der Waals surface area contributed by atoms with Gasteiger partial charge in [-0.2, -0.15) is 0 Å². The second-order valence-electron chi connectivity index (χ2n) is 14.9. The van der Waals surface area contributed by atoms with Crippen molar-refractivity contribution in [2.75, 3.05) is 0 Å². The molecule has 3 heterocycles. The summed E-state index contributed by atoms with van der Waals surface area (Å²) in [6.07, 6.45) is 0. The van der Waals surface area contributed by atoms with Crippen LogP contribution < -0.4 is 0 Å². The molecule has 58 heavy (non-hydrogen) atoms. The van der Waals surface area contributed by atoms with E-state index in [1.54, 1.807) is 0 Å². The highest BCUT2D eigenvalue weighted by Gasteiger charge is 2.19. The third-order valence-corrected chi connectivity index (χ3v) is 11.6. The molecule has 9 aromatic carbocycles. The molecule has 0 fully saturated rings. The summed E-state index contributed by atoms with van der Waals surface area (Å²) < 4.78 is 8.94. The van der Waals surface area contributed by atoms with Crippen LogP contribution in [0.3, 0.4) is 0 Å². The van der Waals surface area contributed by atoms with Crippen molar-refractivity contribution >= 4 is 65.4 Å². The molecule has 12 aromatic rings. The monoisotopic (exact) mass is 739 g/mol. The van der Waals surface area contributed by atoms with Crippen molar-refractivity contribution in [3.8, 4) is 50.6 Å². The van der Waals surface area contributed by atoms with E-state index in [2.05, 4.69) is 180 Å². The molecule has 0 amide bonds. The summed E-state index contributed by atoms with van der Waals surface area (Å²) in [6, 6.07) is 70.8. The predicted octanol–water partition coefficient (Wildman–Crippen LogP) is 14.4. The van der Waals surface area contributed by atoms with Crippen LogP contribution in [0.4, 0.5) is 0 Å². The van der Waals surface area contributed by atoms with Gasteiger partial charge >= 0.3 is 0 Å². The molecule has 4 heteroatoms. The van der Waals surface area contributed by atoms with Gasteiger partial charge in [0, 0.05) is 43.7 Å². The Morgan fingerprint density at radius 3 is 1.90 bits per heavy atom. The van der Waals surface area contributed by atoms with Gasteiger partial charge in [-0.25, -0.2) is 9.97 Å². The summed E-state index contributed by atoms with van der Waals surface area (Å²) in [4.78, 5) is 10.3. The van der Waals surface area contributed by atoms with E-state index in [1.807, 2.05) is 24.3 Å². The maximum atomic E-state index is 6.55. The van der Waals surface area contributed by atoms with Crippen molar-refractivity contribution in [2.24, 2.45) is 0 Å². The summed E-state index contributed by atoms with van der Waals surface area (Å²) in [5.74, 6) is 0.706. The Kier molecular flexibility index (Phi) is 7.20. The van der Waals surface area contributed by atoms with Gasteiger partial charge < -0.3 is 8.98 Å². The first-order valence-electron chi connectivity index (χ1n) is 19.7. The summed E-state index contributed by atoms with van der Waals surface area (Å²) in [5, 5.41) is 8.17. The van der Waals surface area contributed by atoms with E-state index in [-0.39, 0.29) is 0 Å². The number of fused-ring (bicyclic) bond motifs is 9. The molecule has 3 aromatic heterocycles. The second kappa shape index (κ2) is 12.9. The lowest BCUT2D eigenvalue weighted by Gasteiger charge is -2.11. The molecule has 0 N–H and O–H groups in total. The van der Waals surface area contributed by atoms with Crippen LogP contribution in [0, 0.1) is 0 Å². The zero-order valence-electron chi connectivity index (χ0n) is 31.3. The number of para-hydroxylation sites is 1. The average molecular weight is 740 g/mol. The quantitative estimate of drug-likeness (QED) is 0.177. The number of hydrogen-bond acceptors (Lipinski definition) is 3. The summed E-state index contributed by atoms with van der Waals surface area (Å²) >= 11 is 0. The van der Waals surface area contributed by atoms with Crippen molar-refractivity contribution < 1.29 is 4.42 Å². The maximum Gasteiger partial charge on any atom is 0.160 e. The van der Waals surface area contributed by atoms with E-state index in [0.717, 1.165) is 77.6 Å². The summed E-state index contributed by atoms with van der Waals surface area (Å²) in [6.45, 7) is 0. The zero-order chi connectivity index (χ0) is 38.2. The lowest BCUT2D eigenvalue weighted by atomic mass is 9.95. The molecule has 0 spiro atoms. The van der Waals surface area contributed by atoms with Gasteiger partial charge in [-0.3, -0.25) is 0 Å². The molecule has 0 aliphatic heterocycles. The number of aromatic nitrogens is 3. The lowest BCUT2D eigenvalue weighted by molar-refractivity contribution is 0.669. The van der Waals surface area contributed by atoms with Gasteiger partial charge in [0.2, 0.25) is 0 Å². The molecular formula is C54H33N3O. The fourth-order valence-electron chi connectivity index (χ4n) is 8.90. The van der Waals surface area contributed by atoms with Gasteiger partial charge in [0.1, 0.15) is 11.2 Å². The normalized spacial score (nSPS) is 11.8. The zero-order valence-corrected chi connectivity index (χ0v) is 31.3. The van der Waals surface area contributed by atoms with Crippen molar-refractivity contribution in [3.63, 3.8) is 0 Å². The minimum absolute atomic E-state index is 0.706. The molecule has 270 valence electrons. The molecule has 0 saturated carbocycles. The molecule has 0 atom stereocenters. The van der Waals surface area contributed by atoms with E-state index in [1.165, 1.54) is 32.6 Å². The van der Waals surface area contributed by atoms with Crippen LogP contribution in [0.2, 0.25) is 0 Å². The van der Waals surface area contributed by atoms with Crippen LogP contribution in [0.1, 0.15) is 0 Å². The molecule has 0 bridgehead atoms. The molecule has 0 radical (unpaired) electrons. The summed E-state index contributed by atoms with van der Waals surface area (Å²) in [7, 11) is 0. The van der Waals surface area contributed by atoms with E-state index < -0.39 is 0 Å². The average Bonchev–Trinajstić information content (AvgIpc) is 3.85. The topological polar surface area (TPSA) is 43.9 Å². The Balaban J connectivity index is 1.04. The van der Waals surface area contributed by atoms with E-state index >= 15 is 0 Å². The van der Waals surface area contributed by atoms with E-state index in [0.29, 0.717) is 5.82 Å². The second-order valence-corrected chi connectivity index (χ2v) is 14.9. The van der Waals surface area contributed by atoms with Crippen molar-refractivity contribution in [2.45, 2.75) is 0 Å². The van der Waals surface area contributed by atoms with Crippen molar-refractivity contribution in [3.05, 3.63) is 200 Å². The summed E-state index contributed by atoms with van der Waals surface area (Å²) in [5.41, 5.74) is 13.6. The van der Waals surface area contributed by atoms with Gasteiger partial charge in [0.05, 0.1) is 22.2 Å². The number of nitrogens with zero attached hydrogens (tertiary/aromatic N) is 3. The molecule has 0 aliphatic carbocycles. The third kappa shape index (κ3) is 5.09. The molecule has 0 saturated heterocycles. The SMILES string of the molecule is c1ccc(-c2nc(-c3ccccc3)c3ccc(-c4cccc5oc6ccc(-c7ccc8c(c7)c7c9ccccc9ccc7n8-c7ccccc7)cc6c45)cc3n2)cc1. The highest BCUT2D eigenvalue weighted by Crippen LogP contribution is 2.42. The number of furan rings is 1. The first-order chi connectivity index (χ1) is 28.7. The Morgan fingerprint density at radius 2 is 1.07 bits per heavy atom.